The molecule has 0 spiro atoms. The minimum atomic E-state index is -0.833. The molecule has 0 aromatic carbocycles. The van der Waals surface area contributed by atoms with Gasteiger partial charge in [0.2, 0.25) is 0 Å². The SMILES string of the molecule is C[C@@H]1C[C@H]2[C@@H]3CCC(=O)[C@@]3(C)CC[C@@H]2[C@@]2(C)CCC(=O)C[C@]12O. The standard InChI is InChI=1S/C20H30O3/c1-12-10-14-15-4-5-17(22)18(15,2)8-7-16(14)19(3)9-6-13(21)11-20(12,19)23/h12,14-16,23H,4-11H2,1-3H3/t12-,14+,15+,16+,18+,19-,20+/m1/s1. The maximum absolute atomic E-state index is 12.5. The molecule has 128 valence electrons. The van der Waals surface area contributed by atoms with E-state index in [2.05, 4.69) is 20.8 Å². The third-order valence-corrected chi connectivity index (χ3v) is 8.78. The second-order valence-corrected chi connectivity index (χ2v) is 9.49. The van der Waals surface area contributed by atoms with Gasteiger partial charge in [-0.3, -0.25) is 9.59 Å². The Kier molecular flexibility index (Phi) is 3.22. The number of hydrogen-bond acceptors (Lipinski definition) is 3. The fraction of sp³-hybridized carbons (Fsp3) is 0.900. The summed E-state index contributed by atoms with van der Waals surface area (Å²) in [6.07, 6.45) is 6.58. The smallest absolute Gasteiger partial charge is 0.139 e. The zero-order valence-corrected chi connectivity index (χ0v) is 14.7. The minimum absolute atomic E-state index is 0.114. The van der Waals surface area contributed by atoms with Gasteiger partial charge in [-0.1, -0.05) is 20.8 Å². The van der Waals surface area contributed by atoms with Crippen molar-refractivity contribution in [3.63, 3.8) is 0 Å². The molecule has 0 radical (unpaired) electrons. The highest BCUT2D eigenvalue weighted by Gasteiger charge is 2.66. The van der Waals surface area contributed by atoms with Crippen molar-refractivity contribution in [1.82, 2.24) is 0 Å². The molecule has 0 amide bonds. The van der Waals surface area contributed by atoms with Gasteiger partial charge in [0.25, 0.3) is 0 Å². The highest BCUT2D eigenvalue weighted by atomic mass is 16.3. The fourth-order valence-corrected chi connectivity index (χ4v) is 7.23. The van der Waals surface area contributed by atoms with Crippen LogP contribution in [-0.2, 0) is 9.59 Å². The van der Waals surface area contributed by atoms with Crippen LogP contribution in [0.15, 0.2) is 0 Å². The van der Waals surface area contributed by atoms with Gasteiger partial charge in [0.15, 0.2) is 0 Å². The fourth-order valence-electron chi connectivity index (χ4n) is 7.23. The van der Waals surface area contributed by atoms with Gasteiger partial charge < -0.3 is 5.11 Å². The molecule has 0 unspecified atom stereocenters. The lowest BCUT2D eigenvalue weighted by Crippen LogP contribution is -2.65. The zero-order valence-electron chi connectivity index (χ0n) is 14.7. The first-order chi connectivity index (χ1) is 10.7. The highest BCUT2D eigenvalue weighted by Crippen LogP contribution is 2.67. The van der Waals surface area contributed by atoms with Crippen LogP contribution in [0.4, 0.5) is 0 Å². The molecule has 0 saturated heterocycles. The molecular formula is C20H30O3. The molecule has 4 aliphatic carbocycles. The van der Waals surface area contributed by atoms with Gasteiger partial charge in [-0.2, -0.15) is 0 Å². The van der Waals surface area contributed by atoms with Crippen LogP contribution in [0.5, 0.6) is 0 Å². The van der Waals surface area contributed by atoms with Crippen LogP contribution >= 0.6 is 0 Å². The lowest BCUT2D eigenvalue weighted by Gasteiger charge is -2.64. The molecule has 3 nitrogen and oxygen atoms in total. The number of carbonyl (C=O) groups excluding carboxylic acids is 2. The summed E-state index contributed by atoms with van der Waals surface area (Å²) in [6.45, 7) is 6.57. The molecule has 0 heterocycles. The quantitative estimate of drug-likeness (QED) is 0.743. The van der Waals surface area contributed by atoms with Crippen LogP contribution in [0, 0.1) is 34.5 Å². The van der Waals surface area contributed by atoms with Crippen molar-refractivity contribution < 1.29 is 14.7 Å². The Morgan fingerprint density at radius 1 is 1.04 bits per heavy atom. The van der Waals surface area contributed by atoms with E-state index in [-0.39, 0.29) is 22.5 Å². The predicted molar refractivity (Wildman–Crippen MR) is 87.7 cm³/mol. The summed E-state index contributed by atoms with van der Waals surface area (Å²) in [5.41, 5.74) is -1.10. The summed E-state index contributed by atoms with van der Waals surface area (Å²) in [4.78, 5) is 24.5. The van der Waals surface area contributed by atoms with Gasteiger partial charge in [0.1, 0.15) is 11.6 Å². The number of Topliss-reactive ketones (excluding diaryl/α,β-unsaturated/α-hetero) is 2. The van der Waals surface area contributed by atoms with Crippen molar-refractivity contribution in [3.05, 3.63) is 0 Å². The molecule has 0 aromatic rings. The van der Waals surface area contributed by atoms with Gasteiger partial charge in [0, 0.05) is 30.1 Å². The van der Waals surface area contributed by atoms with E-state index in [1.807, 2.05) is 0 Å². The predicted octanol–water partition coefficient (Wildman–Crippen LogP) is 3.53. The monoisotopic (exact) mass is 318 g/mol. The molecule has 23 heavy (non-hydrogen) atoms. The van der Waals surface area contributed by atoms with Gasteiger partial charge in [-0.15, -0.1) is 0 Å². The first kappa shape index (κ1) is 15.8. The maximum Gasteiger partial charge on any atom is 0.139 e. The third kappa shape index (κ3) is 1.80. The largest absolute Gasteiger partial charge is 0.389 e. The topological polar surface area (TPSA) is 54.4 Å². The summed E-state index contributed by atoms with van der Waals surface area (Å²) >= 11 is 0. The Morgan fingerprint density at radius 2 is 1.78 bits per heavy atom. The molecule has 0 aliphatic heterocycles. The molecule has 4 saturated carbocycles. The Morgan fingerprint density at radius 3 is 2.52 bits per heavy atom. The maximum atomic E-state index is 12.5. The summed E-state index contributed by atoms with van der Waals surface area (Å²) in [5, 5.41) is 11.5. The molecular weight excluding hydrogens is 288 g/mol. The summed E-state index contributed by atoms with van der Waals surface area (Å²) in [5.74, 6) is 2.37. The second kappa shape index (κ2) is 4.68. The average molecular weight is 318 g/mol. The molecule has 4 fully saturated rings. The van der Waals surface area contributed by atoms with Crippen molar-refractivity contribution in [2.24, 2.45) is 34.5 Å². The van der Waals surface area contributed by atoms with Crippen molar-refractivity contribution in [2.45, 2.75) is 77.7 Å². The van der Waals surface area contributed by atoms with Gasteiger partial charge in [0.05, 0.1) is 5.60 Å². The molecule has 1 N–H and O–H groups in total. The van der Waals surface area contributed by atoms with E-state index in [0.29, 0.717) is 36.4 Å². The van der Waals surface area contributed by atoms with E-state index in [9.17, 15) is 14.7 Å². The Hall–Kier alpha value is -0.700. The van der Waals surface area contributed by atoms with E-state index in [0.717, 1.165) is 38.5 Å². The van der Waals surface area contributed by atoms with Crippen LogP contribution in [0.3, 0.4) is 0 Å². The van der Waals surface area contributed by atoms with E-state index >= 15 is 0 Å². The van der Waals surface area contributed by atoms with Crippen molar-refractivity contribution in [3.8, 4) is 0 Å². The van der Waals surface area contributed by atoms with Crippen LogP contribution in [0.1, 0.15) is 72.1 Å². The number of rotatable bonds is 0. The molecule has 4 aliphatic rings. The highest BCUT2D eigenvalue weighted by molar-refractivity contribution is 5.87. The van der Waals surface area contributed by atoms with Gasteiger partial charge >= 0.3 is 0 Å². The summed E-state index contributed by atoms with van der Waals surface area (Å²) in [7, 11) is 0. The lowest BCUT2D eigenvalue weighted by molar-refractivity contribution is -0.224. The number of ketones is 2. The Bertz CT molecular complexity index is 569. The van der Waals surface area contributed by atoms with Crippen LogP contribution in [-0.4, -0.2) is 22.3 Å². The Balaban J connectivity index is 1.74. The first-order valence-corrected chi connectivity index (χ1v) is 9.50. The van der Waals surface area contributed by atoms with Gasteiger partial charge in [-0.25, -0.2) is 0 Å². The van der Waals surface area contributed by atoms with Crippen LogP contribution < -0.4 is 0 Å². The zero-order chi connectivity index (χ0) is 16.6. The molecule has 0 bridgehead atoms. The summed E-state index contributed by atoms with van der Waals surface area (Å²) < 4.78 is 0. The molecule has 3 heteroatoms. The average Bonchev–Trinajstić information content (AvgIpc) is 2.79. The lowest BCUT2D eigenvalue weighted by atomic mass is 9.41. The molecule has 7 atom stereocenters. The van der Waals surface area contributed by atoms with Crippen molar-refractivity contribution in [2.75, 3.05) is 0 Å². The van der Waals surface area contributed by atoms with E-state index in [1.165, 1.54) is 0 Å². The normalized spacial score (nSPS) is 56.0. The molecule has 0 aromatic heterocycles. The van der Waals surface area contributed by atoms with Crippen LogP contribution in [0.2, 0.25) is 0 Å². The Labute approximate surface area is 139 Å². The molecule has 4 rings (SSSR count). The number of hydrogen-bond donors (Lipinski definition) is 1. The van der Waals surface area contributed by atoms with Crippen LogP contribution in [0.25, 0.3) is 0 Å². The number of carbonyl (C=O) groups is 2. The first-order valence-electron chi connectivity index (χ1n) is 9.50. The van der Waals surface area contributed by atoms with E-state index in [4.69, 9.17) is 0 Å². The minimum Gasteiger partial charge on any atom is -0.389 e. The van der Waals surface area contributed by atoms with Gasteiger partial charge in [-0.05, 0) is 55.8 Å². The second-order valence-electron chi connectivity index (χ2n) is 9.49. The third-order valence-electron chi connectivity index (χ3n) is 8.78. The van der Waals surface area contributed by atoms with E-state index < -0.39 is 5.60 Å². The van der Waals surface area contributed by atoms with Crippen molar-refractivity contribution >= 4 is 11.6 Å². The van der Waals surface area contributed by atoms with E-state index in [1.54, 1.807) is 0 Å². The van der Waals surface area contributed by atoms with Crippen molar-refractivity contribution in [1.29, 1.82) is 0 Å². The summed E-state index contributed by atoms with van der Waals surface area (Å²) in [6, 6.07) is 0. The number of aliphatic hydroxyl groups is 1. The number of fused-ring (bicyclic) bond motifs is 5.